The second-order valence-electron chi connectivity index (χ2n) is 5.94. The topological polar surface area (TPSA) is 30.7 Å². The molecule has 0 bridgehead atoms. The van der Waals surface area contributed by atoms with Gasteiger partial charge in [-0.2, -0.15) is 0 Å². The minimum absolute atomic E-state index is 0.208. The van der Waals surface area contributed by atoms with Crippen molar-refractivity contribution in [1.29, 1.82) is 0 Å². The number of aryl methyl sites for hydroxylation is 1. The van der Waals surface area contributed by atoms with Gasteiger partial charge in [-0.1, -0.05) is 42.5 Å². The first kappa shape index (κ1) is 15.8. The van der Waals surface area contributed by atoms with Crippen molar-refractivity contribution in [2.24, 2.45) is 0 Å². The quantitative estimate of drug-likeness (QED) is 0.505. The Labute approximate surface area is 149 Å². The smallest absolute Gasteiger partial charge is 0.204 e. The Bertz CT molecular complexity index is 1060. The number of aromatic nitrogens is 3. The normalized spacial score (nSPS) is 11.2. The van der Waals surface area contributed by atoms with Crippen LogP contribution in [0.15, 0.2) is 60.8 Å². The van der Waals surface area contributed by atoms with Crippen LogP contribution in [0.3, 0.4) is 0 Å². The molecule has 0 saturated heterocycles. The van der Waals surface area contributed by atoms with E-state index in [4.69, 9.17) is 11.6 Å². The lowest BCUT2D eigenvalue weighted by molar-refractivity contribution is 0.617. The average molecular weight is 352 g/mol. The Morgan fingerprint density at radius 2 is 1.88 bits per heavy atom. The number of fused-ring (bicyclic) bond motifs is 1. The van der Waals surface area contributed by atoms with Crippen molar-refractivity contribution in [2.45, 2.75) is 13.5 Å². The fourth-order valence-electron chi connectivity index (χ4n) is 2.97. The van der Waals surface area contributed by atoms with Crippen molar-refractivity contribution in [3.05, 3.63) is 83.0 Å². The number of imidazole rings is 1. The molecule has 124 valence electrons. The van der Waals surface area contributed by atoms with E-state index in [2.05, 4.69) is 9.97 Å². The van der Waals surface area contributed by atoms with Gasteiger partial charge in [0.25, 0.3) is 0 Å². The highest BCUT2D eigenvalue weighted by Gasteiger charge is 2.15. The van der Waals surface area contributed by atoms with Crippen molar-refractivity contribution < 1.29 is 4.39 Å². The van der Waals surface area contributed by atoms with E-state index in [1.54, 1.807) is 19.2 Å². The Kier molecular flexibility index (Phi) is 3.98. The molecule has 0 aliphatic heterocycles. The van der Waals surface area contributed by atoms with Gasteiger partial charge in [-0.05, 0) is 41.8 Å². The molecule has 0 radical (unpaired) electrons. The summed E-state index contributed by atoms with van der Waals surface area (Å²) in [6.07, 6.45) is 1.76. The fourth-order valence-corrected chi connectivity index (χ4v) is 3.20. The predicted molar refractivity (Wildman–Crippen MR) is 98.2 cm³/mol. The van der Waals surface area contributed by atoms with E-state index in [0.29, 0.717) is 17.4 Å². The highest BCUT2D eigenvalue weighted by atomic mass is 35.5. The van der Waals surface area contributed by atoms with Crippen molar-refractivity contribution >= 4 is 22.6 Å². The molecule has 4 aromatic rings. The second kappa shape index (κ2) is 6.30. The molecule has 0 atom stereocenters. The number of nitrogens with zero attached hydrogens (tertiary/aromatic N) is 3. The van der Waals surface area contributed by atoms with Crippen LogP contribution >= 0.6 is 11.6 Å². The maximum absolute atomic E-state index is 13.5. The first-order chi connectivity index (χ1) is 12.1. The lowest BCUT2D eigenvalue weighted by Gasteiger charge is -2.08. The average Bonchev–Trinajstić information content (AvgIpc) is 2.94. The second-order valence-corrected chi connectivity index (χ2v) is 6.28. The number of hydrogen-bond acceptors (Lipinski definition) is 2. The summed E-state index contributed by atoms with van der Waals surface area (Å²) >= 11 is 6.40. The zero-order valence-electron chi connectivity index (χ0n) is 13.6. The van der Waals surface area contributed by atoms with E-state index in [1.165, 1.54) is 6.07 Å². The number of pyridine rings is 1. The molecule has 0 unspecified atom stereocenters. The summed E-state index contributed by atoms with van der Waals surface area (Å²) in [5.41, 5.74) is 5.04. The van der Waals surface area contributed by atoms with Gasteiger partial charge in [0.2, 0.25) is 5.28 Å². The minimum Gasteiger partial charge on any atom is -0.310 e. The maximum Gasteiger partial charge on any atom is 0.204 e. The van der Waals surface area contributed by atoms with E-state index in [-0.39, 0.29) is 5.82 Å². The van der Waals surface area contributed by atoms with Gasteiger partial charge in [0.15, 0.2) is 0 Å². The molecule has 2 heterocycles. The van der Waals surface area contributed by atoms with Gasteiger partial charge in [0, 0.05) is 11.8 Å². The Balaban J connectivity index is 1.83. The summed E-state index contributed by atoms with van der Waals surface area (Å²) in [6.45, 7) is 2.28. The number of hydrogen-bond donors (Lipinski definition) is 0. The van der Waals surface area contributed by atoms with Crippen LogP contribution < -0.4 is 0 Å². The number of benzene rings is 2. The van der Waals surface area contributed by atoms with Crippen LogP contribution in [0, 0.1) is 12.7 Å². The van der Waals surface area contributed by atoms with Gasteiger partial charge in [0.05, 0.1) is 17.8 Å². The van der Waals surface area contributed by atoms with Crippen LogP contribution in [-0.4, -0.2) is 14.5 Å². The van der Waals surface area contributed by atoms with E-state index in [1.807, 2.05) is 47.0 Å². The maximum atomic E-state index is 13.5. The zero-order valence-corrected chi connectivity index (χ0v) is 14.3. The summed E-state index contributed by atoms with van der Waals surface area (Å²) in [5, 5.41) is 0.391. The van der Waals surface area contributed by atoms with E-state index < -0.39 is 0 Å². The summed E-state index contributed by atoms with van der Waals surface area (Å²) in [6, 6.07) is 16.9. The molecule has 2 aromatic heterocycles. The largest absolute Gasteiger partial charge is 0.310 e. The van der Waals surface area contributed by atoms with Crippen LogP contribution in [0.25, 0.3) is 22.3 Å². The molecule has 2 aromatic carbocycles. The summed E-state index contributed by atoms with van der Waals surface area (Å²) in [4.78, 5) is 9.00. The lowest BCUT2D eigenvalue weighted by atomic mass is 10.1. The molecule has 0 fully saturated rings. The van der Waals surface area contributed by atoms with Gasteiger partial charge < -0.3 is 4.57 Å². The molecule has 0 aliphatic rings. The molecule has 0 N–H and O–H groups in total. The molecule has 4 rings (SSSR count). The molecule has 5 heteroatoms. The van der Waals surface area contributed by atoms with Crippen LogP contribution in [-0.2, 0) is 6.54 Å². The number of rotatable bonds is 3. The highest BCUT2D eigenvalue weighted by Crippen LogP contribution is 2.29. The third-order valence-electron chi connectivity index (χ3n) is 4.23. The first-order valence-electron chi connectivity index (χ1n) is 7.94. The third-order valence-corrected chi connectivity index (χ3v) is 4.52. The zero-order chi connectivity index (χ0) is 17.4. The standard InChI is InChI=1S/C20H15ClFN3/c1-13-11-14(7-8-16(13)22)12-25-17-9-10-23-18(19(17)24-20(25)21)15-5-3-2-4-6-15/h2-11H,12H2,1H3. The van der Waals surface area contributed by atoms with Crippen molar-refractivity contribution in [3.63, 3.8) is 0 Å². The van der Waals surface area contributed by atoms with Crippen LogP contribution in [0.4, 0.5) is 4.39 Å². The lowest BCUT2D eigenvalue weighted by Crippen LogP contribution is -2.01. The third kappa shape index (κ3) is 2.89. The molecule has 0 spiro atoms. The van der Waals surface area contributed by atoms with Gasteiger partial charge in [-0.3, -0.25) is 4.98 Å². The van der Waals surface area contributed by atoms with Gasteiger partial charge in [0.1, 0.15) is 11.3 Å². The summed E-state index contributed by atoms with van der Waals surface area (Å²) in [5.74, 6) is -0.208. The Hall–Kier alpha value is -2.72. The summed E-state index contributed by atoms with van der Waals surface area (Å²) < 4.78 is 15.4. The van der Waals surface area contributed by atoms with Crippen molar-refractivity contribution in [1.82, 2.24) is 14.5 Å². The van der Waals surface area contributed by atoms with Crippen LogP contribution in [0.5, 0.6) is 0 Å². The first-order valence-corrected chi connectivity index (χ1v) is 8.32. The molecule has 25 heavy (non-hydrogen) atoms. The van der Waals surface area contributed by atoms with Crippen LogP contribution in [0.1, 0.15) is 11.1 Å². The SMILES string of the molecule is Cc1cc(Cn2c(Cl)nc3c(-c4ccccc4)nccc32)ccc1F. The Morgan fingerprint density at radius 1 is 1.08 bits per heavy atom. The van der Waals surface area contributed by atoms with Gasteiger partial charge in [-0.25, -0.2) is 9.37 Å². The van der Waals surface area contributed by atoms with Crippen molar-refractivity contribution in [2.75, 3.05) is 0 Å². The van der Waals surface area contributed by atoms with Crippen molar-refractivity contribution in [3.8, 4) is 11.3 Å². The van der Waals surface area contributed by atoms with Gasteiger partial charge >= 0.3 is 0 Å². The number of halogens is 2. The highest BCUT2D eigenvalue weighted by molar-refractivity contribution is 6.29. The van der Waals surface area contributed by atoms with Crippen LogP contribution in [0.2, 0.25) is 5.28 Å². The monoisotopic (exact) mass is 351 g/mol. The molecule has 3 nitrogen and oxygen atoms in total. The minimum atomic E-state index is -0.208. The molecular weight excluding hydrogens is 337 g/mol. The van der Waals surface area contributed by atoms with E-state index in [0.717, 1.165) is 27.9 Å². The van der Waals surface area contributed by atoms with E-state index >= 15 is 0 Å². The molecule has 0 amide bonds. The molecule has 0 saturated carbocycles. The summed E-state index contributed by atoms with van der Waals surface area (Å²) in [7, 11) is 0. The Morgan fingerprint density at radius 3 is 2.64 bits per heavy atom. The molecular formula is C20H15ClFN3. The molecule has 0 aliphatic carbocycles. The van der Waals surface area contributed by atoms with Gasteiger partial charge in [-0.15, -0.1) is 0 Å². The fraction of sp³-hybridized carbons (Fsp3) is 0.100. The predicted octanol–water partition coefficient (Wildman–Crippen LogP) is 5.25. The van der Waals surface area contributed by atoms with E-state index in [9.17, 15) is 4.39 Å².